The molecule has 24 heavy (non-hydrogen) atoms. The van der Waals surface area contributed by atoms with Gasteiger partial charge in [0.2, 0.25) is 0 Å². The van der Waals surface area contributed by atoms with Gasteiger partial charge in [0.05, 0.1) is 25.5 Å². The number of halogens is 1. The smallest absolute Gasteiger partial charge is 0.341 e. The van der Waals surface area contributed by atoms with Crippen LogP contribution in [0.2, 0.25) is 5.15 Å². The van der Waals surface area contributed by atoms with Gasteiger partial charge < -0.3 is 19.5 Å². The van der Waals surface area contributed by atoms with Gasteiger partial charge >= 0.3 is 5.97 Å². The first-order valence-electron chi connectivity index (χ1n) is 6.84. The van der Waals surface area contributed by atoms with E-state index in [0.29, 0.717) is 17.2 Å². The third kappa shape index (κ3) is 4.36. The zero-order valence-electron chi connectivity index (χ0n) is 13.0. The number of methoxy groups -OCH3 is 2. The second kappa shape index (κ2) is 8.16. The Labute approximate surface area is 143 Å². The van der Waals surface area contributed by atoms with E-state index in [2.05, 4.69) is 10.3 Å². The Hall–Kier alpha value is -2.80. The summed E-state index contributed by atoms with van der Waals surface area (Å²) in [5.41, 5.74) is 0.521. The zero-order valence-corrected chi connectivity index (χ0v) is 13.8. The van der Waals surface area contributed by atoms with Crippen molar-refractivity contribution in [3.63, 3.8) is 0 Å². The number of amides is 1. The molecule has 1 aromatic heterocycles. The van der Waals surface area contributed by atoms with E-state index in [1.807, 2.05) is 0 Å². The van der Waals surface area contributed by atoms with E-state index in [0.717, 1.165) is 0 Å². The summed E-state index contributed by atoms with van der Waals surface area (Å²) in [7, 11) is 2.99. The first-order valence-corrected chi connectivity index (χ1v) is 7.22. The number of benzene rings is 1. The summed E-state index contributed by atoms with van der Waals surface area (Å²) in [5, 5.41) is 2.60. The summed E-state index contributed by atoms with van der Waals surface area (Å²) < 4.78 is 15.2. The highest BCUT2D eigenvalue weighted by Crippen LogP contribution is 2.28. The zero-order chi connectivity index (χ0) is 17.5. The molecule has 2 rings (SSSR count). The molecule has 126 valence electrons. The molecule has 0 aliphatic carbocycles. The number of pyridine rings is 1. The molecule has 2 aromatic rings. The maximum atomic E-state index is 11.9. The summed E-state index contributed by atoms with van der Waals surface area (Å²) in [6.07, 6.45) is 1.45. The van der Waals surface area contributed by atoms with Gasteiger partial charge in [0, 0.05) is 12.3 Å². The maximum absolute atomic E-state index is 11.9. The number of carbonyl (C=O) groups is 2. The highest BCUT2D eigenvalue weighted by molar-refractivity contribution is 6.32. The molecule has 0 atom stereocenters. The minimum atomic E-state index is -0.732. The van der Waals surface area contributed by atoms with Crippen molar-refractivity contribution in [2.24, 2.45) is 0 Å². The molecule has 0 bridgehead atoms. The van der Waals surface area contributed by atoms with Gasteiger partial charge in [-0.1, -0.05) is 11.6 Å². The van der Waals surface area contributed by atoms with Crippen LogP contribution in [0.1, 0.15) is 10.4 Å². The molecule has 0 aliphatic heterocycles. The SMILES string of the molecule is COc1ccc(NC(=O)COC(=O)c2cccnc2Cl)c(OC)c1. The normalized spacial score (nSPS) is 9.96. The van der Waals surface area contributed by atoms with E-state index in [-0.39, 0.29) is 10.7 Å². The van der Waals surface area contributed by atoms with Crippen molar-refractivity contribution in [2.45, 2.75) is 0 Å². The molecule has 1 aromatic carbocycles. The van der Waals surface area contributed by atoms with Crippen LogP contribution >= 0.6 is 11.6 Å². The summed E-state index contributed by atoms with van der Waals surface area (Å²) in [6, 6.07) is 7.92. The largest absolute Gasteiger partial charge is 0.497 e. The van der Waals surface area contributed by atoms with Crippen LogP contribution in [-0.2, 0) is 9.53 Å². The lowest BCUT2D eigenvalue weighted by Crippen LogP contribution is -2.21. The Morgan fingerprint density at radius 2 is 2.00 bits per heavy atom. The Balaban J connectivity index is 1.96. The monoisotopic (exact) mass is 350 g/mol. The first kappa shape index (κ1) is 17.6. The van der Waals surface area contributed by atoms with Crippen LogP contribution in [-0.4, -0.2) is 37.7 Å². The average Bonchev–Trinajstić information content (AvgIpc) is 2.60. The summed E-state index contributed by atoms with van der Waals surface area (Å²) >= 11 is 5.79. The highest BCUT2D eigenvalue weighted by Gasteiger charge is 2.15. The van der Waals surface area contributed by atoms with Crippen LogP contribution in [0.3, 0.4) is 0 Å². The molecule has 0 saturated carbocycles. The van der Waals surface area contributed by atoms with Crippen molar-refractivity contribution >= 4 is 29.2 Å². The van der Waals surface area contributed by atoms with Gasteiger partial charge in [-0.05, 0) is 24.3 Å². The van der Waals surface area contributed by atoms with Crippen LogP contribution < -0.4 is 14.8 Å². The average molecular weight is 351 g/mol. The lowest BCUT2D eigenvalue weighted by Gasteiger charge is -2.12. The number of hydrogen-bond donors (Lipinski definition) is 1. The number of nitrogens with zero attached hydrogens (tertiary/aromatic N) is 1. The van der Waals surface area contributed by atoms with Gasteiger partial charge in [-0.3, -0.25) is 4.79 Å². The number of esters is 1. The molecule has 1 amide bonds. The van der Waals surface area contributed by atoms with E-state index < -0.39 is 18.5 Å². The highest BCUT2D eigenvalue weighted by atomic mass is 35.5. The number of aromatic nitrogens is 1. The fourth-order valence-corrected chi connectivity index (χ4v) is 2.03. The van der Waals surface area contributed by atoms with Crippen LogP contribution in [0.5, 0.6) is 11.5 Å². The molecular weight excluding hydrogens is 336 g/mol. The van der Waals surface area contributed by atoms with Crippen LogP contribution in [0.15, 0.2) is 36.5 Å². The Morgan fingerprint density at radius 3 is 2.67 bits per heavy atom. The fourth-order valence-electron chi connectivity index (χ4n) is 1.84. The predicted molar refractivity (Wildman–Crippen MR) is 87.7 cm³/mol. The lowest BCUT2D eigenvalue weighted by atomic mass is 10.2. The maximum Gasteiger partial charge on any atom is 0.341 e. The van der Waals surface area contributed by atoms with Crippen molar-refractivity contribution in [1.82, 2.24) is 4.98 Å². The molecular formula is C16H15ClN2O5. The molecule has 0 aliphatic rings. The lowest BCUT2D eigenvalue weighted by molar-refractivity contribution is -0.119. The van der Waals surface area contributed by atoms with Crippen LogP contribution in [0.4, 0.5) is 5.69 Å². The number of ether oxygens (including phenoxy) is 3. The summed E-state index contributed by atoms with van der Waals surface area (Å²) in [6.45, 7) is -0.473. The van der Waals surface area contributed by atoms with Crippen molar-refractivity contribution in [1.29, 1.82) is 0 Å². The standard InChI is InChI=1S/C16H15ClN2O5/c1-22-10-5-6-12(13(8-10)23-2)19-14(20)9-24-16(21)11-4-3-7-18-15(11)17/h3-8H,9H2,1-2H3,(H,19,20). The molecule has 0 saturated heterocycles. The fraction of sp³-hybridized carbons (Fsp3) is 0.188. The van der Waals surface area contributed by atoms with Crippen molar-refractivity contribution in [3.8, 4) is 11.5 Å². The van der Waals surface area contributed by atoms with E-state index in [1.54, 1.807) is 24.3 Å². The number of anilines is 1. The Kier molecular flexibility index (Phi) is 5.97. The minimum Gasteiger partial charge on any atom is -0.497 e. The van der Waals surface area contributed by atoms with E-state index in [9.17, 15) is 9.59 Å². The molecule has 7 nitrogen and oxygen atoms in total. The first-order chi connectivity index (χ1) is 11.5. The molecule has 0 unspecified atom stereocenters. The van der Waals surface area contributed by atoms with Crippen molar-refractivity contribution in [2.75, 3.05) is 26.1 Å². The third-order valence-corrected chi connectivity index (χ3v) is 3.30. The number of carbonyl (C=O) groups excluding carboxylic acids is 2. The van der Waals surface area contributed by atoms with Gasteiger partial charge in [0.1, 0.15) is 16.7 Å². The van der Waals surface area contributed by atoms with Gasteiger partial charge in [-0.2, -0.15) is 0 Å². The van der Waals surface area contributed by atoms with Gasteiger partial charge in [-0.15, -0.1) is 0 Å². The summed E-state index contributed by atoms with van der Waals surface area (Å²) in [5.74, 6) is -0.247. The van der Waals surface area contributed by atoms with Gasteiger partial charge in [0.25, 0.3) is 5.91 Å². The minimum absolute atomic E-state index is 0.0136. The number of rotatable bonds is 6. The van der Waals surface area contributed by atoms with E-state index in [4.69, 9.17) is 25.8 Å². The van der Waals surface area contributed by atoms with Crippen molar-refractivity contribution < 1.29 is 23.8 Å². The van der Waals surface area contributed by atoms with Gasteiger partial charge in [0.15, 0.2) is 6.61 Å². The Morgan fingerprint density at radius 1 is 1.21 bits per heavy atom. The summed E-state index contributed by atoms with van der Waals surface area (Å²) in [4.78, 5) is 27.6. The van der Waals surface area contributed by atoms with Crippen LogP contribution in [0, 0.1) is 0 Å². The quantitative estimate of drug-likeness (QED) is 0.636. The van der Waals surface area contributed by atoms with E-state index >= 15 is 0 Å². The number of nitrogens with one attached hydrogen (secondary N) is 1. The molecule has 0 fully saturated rings. The van der Waals surface area contributed by atoms with E-state index in [1.165, 1.54) is 26.5 Å². The Bertz CT molecular complexity index is 751. The van der Waals surface area contributed by atoms with Crippen LogP contribution in [0.25, 0.3) is 0 Å². The molecule has 1 N–H and O–H groups in total. The topological polar surface area (TPSA) is 86.8 Å². The molecule has 1 heterocycles. The molecule has 8 heteroatoms. The molecule has 0 radical (unpaired) electrons. The third-order valence-electron chi connectivity index (χ3n) is 3.00. The molecule has 0 spiro atoms. The van der Waals surface area contributed by atoms with Crippen molar-refractivity contribution in [3.05, 3.63) is 47.2 Å². The van der Waals surface area contributed by atoms with Gasteiger partial charge in [-0.25, -0.2) is 9.78 Å². The second-order valence-electron chi connectivity index (χ2n) is 4.53. The second-order valence-corrected chi connectivity index (χ2v) is 4.89. The predicted octanol–water partition coefficient (Wildman–Crippen LogP) is 2.55. The number of hydrogen-bond acceptors (Lipinski definition) is 6.